The Hall–Kier alpha value is -0.220. The van der Waals surface area contributed by atoms with Crippen LogP contribution in [0.4, 0.5) is 0 Å². The Labute approximate surface area is 67.5 Å². The lowest BCUT2D eigenvalue weighted by molar-refractivity contribution is -0.131. The monoisotopic (exact) mass is 165 g/mol. The zero-order valence-electron chi connectivity index (χ0n) is 6.63. The third-order valence-corrected chi connectivity index (χ3v) is 0.472. The van der Waals surface area contributed by atoms with Crippen molar-refractivity contribution < 1.29 is 8.98 Å². The third kappa shape index (κ3) is 25.0. The van der Waals surface area contributed by atoms with E-state index in [9.17, 15) is 4.79 Å². The van der Waals surface area contributed by atoms with Crippen LogP contribution in [0.25, 0.3) is 0 Å². The highest BCUT2D eigenvalue weighted by molar-refractivity contribution is 7.75. The molecule has 0 bridgehead atoms. The summed E-state index contributed by atoms with van der Waals surface area (Å²) in [4.78, 5) is 9.76. The summed E-state index contributed by atoms with van der Waals surface area (Å²) in [5.41, 5.74) is 4.76. The summed E-state index contributed by atoms with van der Waals surface area (Å²) in [7, 11) is 0. The first-order valence-electron chi connectivity index (χ1n) is 3.08. The second kappa shape index (κ2) is 8.78. The zero-order chi connectivity index (χ0) is 8.57. The van der Waals surface area contributed by atoms with E-state index in [2.05, 4.69) is 37.9 Å². The zero-order valence-corrected chi connectivity index (χ0v) is 7.52. The van der Waals surface area contributed by atoms with Crippen LogP contribution in [-0.4, -0.2) is 12.5 Å². The predicted molar refractivity (Wildman–Crippen MR) is 44.6 cm³/mol. The minimum atomic E-state index is -0.515. The summed E-state index contributed by atoms with van der Waals surface area (Å²) in [6.45, 7) is 6.39. The number of thiol groups is 1. The first-order valence-corrected chi connectivity index (χ1v) is 3.45. The molecule has 2 N–H and O–H groups in total. The van der Waals surface area contributed by atoms with Gasteiger partial charge in [0.25, 0.3) is 0 Å². The topological polar surface area (TPSA) is 52.3 Å². The SMILES string of the molecule is CC(C)C.NCC(=O)OS. The van der Waals surface area contributed by atoms with E-state index < -0.39 is 5.97 Å². The van der Waals surface area contributed by atoms with Crippen molar-refractivity contribution in [3.63, 3.8) is 0 Å². The van der Waals surface area contributed by atoms with Gasteiger partial charge >= 0.3 is 5.97 Å². The number of rotatable bonds is 1. The molecule has 0 aromatic carbocycles. The molecule has 3 nitrogen and oxygen atoms in total. The van der Waals surface area contributed by atoms with Crippen molar-refractivity contribution in [3.05, 3.63) is 0 Å². The summed E-state index contributed by atoms with van der Waals surface area (Å²) < 4.78 is 3.83. The van der Waals surface area contributed by atoms with Crippen molar-refractivity contribution >= 4 is 18.9 Å². The maximum Gasteiger partial charge on any atom is 0.331 e. The Bertz CT molecular complexity index is 77.1. The van der Waals surface area contributed by atoms with E-state index in [1.165, 1.54) is 0 Å². The second-order valence-electron chi connectivity index (χ2n) is 2.40. The molecular weight excluding hydrogens is 150 g/mol. The van der Waals surface area contributed by atoms with Gasteiger partial charge in [-0.25, -0.2) is 4.79 Å². The molecule has 0 radical (unpaired) electrons. The smallest absolute Gasteiger partial charge is 0.331 e. The van der Waals surface area contributed by atoms with E-state index in [-0.39, 0.29) is 6.54 Å². The molecule has 10 heavy (non-hydrogen) atoms. The fourth-order valence-electron chi connectivity index (χ4n) is 0.0373. The lowest BCUT2D eigenvalue weighted by Crippen LogP contribution is -2.12. The minimum absolute atomic E-state index is 0.108. The highest BCUT2D eigenvalue weighted by Crippen LogP contribution is 1.81. The van der Waals surface area contributed by atoms with Crippen LogP contribution in [0.5, 0.6) is 0 Å². The van der Waals surface area contributed by atoms with Crippen LogP contribution in [-0.2, 0) is 8.98 Å². The fourth-order valence-corrected chi connectivity index (χ4v) is 0.112. The van der Waals surface area contributed by atoms with E-state index in [4.69, 9.17) is 5.73 Å². The van der Waals surface area contributed by atoms with Crippen LogP contribution in [0, 0.1) is 5.92 Å². The maximum atomic E-state index is 9.76. The number of nitrogens with two attached hydrogens (primary N) is 1. The Morgan fingerprint density at radius 3 is 1.90 bits per heavy atom. The summed E-state index contributed by atoms with van der Waals surface area (Å²) >= 11 is 3.17. The van der Waals surface area contributed by atoms with Gasteiger partial charge in [0.15, 0.2) is 0 Å². The molecule has 4 heteroatoms. The first kappa shape index (κ1) is 12.5. The van der Waals surface area contributed by atoms with Gasteiger partial charge in [-0.05, 0) is 5.92 Å². The van der Waals surface area contributed by atoms with Crippen LogP contribution >= 0.6 is 12.9 Å². The highest BCUT2D eigenvalue weighted by Gasteiger charge is 1.89. The molecule has 0 fully saturated rings. The van der Waals surface area contributed by atoms with Crippen LogP contribution in [0.3, 0.4) is 0 Å². The molecule has 0 aliphatic carbocycles. The predicted octanol–water partition coefficient (Wildman–Crippen LogP) is 0.995. The van der Waals surface area contributed by atoms with Crippen molar-refractivity contribution in [2.24, 2.45) is 11.7 Å². The van der Waals surface area contributed by atoms with Crippen molar-refractivity contribution in [3.8, 4) is 0 Å². The molecule has 0 saturated heterocycles. The van der Waals surface area contributed by atoms with Crippen molar-refractivity contribution in [2.75, 3.05) is 6.54 Å². The average Bonchev–Trinajstić information content (AvgIpc) is 1.85. The molecule has 0 aliphatic rings. The molecule has 0 heterocycles. The Morgan fingerprint density at radius 2 is 1.90 bits per heavy atom. The van der Waals surface area contributed by atoms with Crippen LogP contribution < -0.4 is 5.73 Å². The number of hydrogen-bond acceptors (Lipinski definition) is 4. The van der Waals surface area contributed by atoms with Crippen LogP contribution in [0.15, 0.2) is 0 Å². The molecular formula is C6H15NO2S. The molecule has 0 rings (SSSR count). The summed E-state index contributed by atoms with van der Waals surface area (Å²) in [6, 6.07) is 0. The molecule has 0 amide bonds. The summed E-state index contributed by atoms with van der Waals surface area (Å²) in [5.74, 6) is 0.318. The van der Waals surface area contributed by atoms with Gasteiger partial charge < -0.3 is 9.92 Å². The first-order chi connectivity index (χ1) is 4.54. The molecule has 62 valence electrons. The molecule has 0 unspecified atom stereocenters. The van der Waals surface area contributed by atoms with Crippen molar-refractivity contribution in [1.29, 1.82) is 0 Å². The Morgan fingerprint density at radius 1 is 1.60 bits per heavy atom. The quantitative estimate of drug-likeness (QED) is 0.450. The number of carbonyl (C=O) groups excluding carboxylic acids is 1. The lowest BCUT2D eigenvalue weighted by Gasteiger charge is -1.84. The van der Waals surface area contributed by atoms with Gasteiger partial charge in [-0.1, -0.05) is 20.8 Å². The average molecular weight is 165 g/mol. The number of hydrogen-bond donors (Lipinski definition) is 2. The fraction of sp³-hybridized carbons (Fsp3) is 0.833. The molecule has 0 aromatic heterocycles. The highest BCUT2D eigenvalue weighted by atomic mass is 32.1. The second-order valence-corrected chi connectivity index (χ2v) is 2.58. The van der Waals surface area contributed by atoms with Crippen LogP contribution in [0.1, 0.15) is 20.8 Å². The molecule has 0 spiro atoms. The van der Waals surface area contributed by atoms with Gasteiger partial charge in [0.1, 0.15) is 0 Å². The number of carbonyl (C=O) groups is 1. The Balaban J connectivity index is 0. The Kier molecular flexibility index (Phi) is 10.9. The normalized spacial score (nSPS) is 8.20. The van der Waals surface area contributed by atoms with Gasteiger partial charge in [0.2, 0.25) is 0 Å². The van der Waals surface area contributed by atoms with Gasteiger partial charge in [-0.15, -0.1) is 0 Å². The molecule has 0 aromatic rings. The summed E-state index contributed by atoms with van der Waals surface area (Å²) in [5, 5.41) is 0. The standard InChI is InChI=1S/C4H10.C2H5NO2S/c1-4(2)3;3-1-2(4)5-6/h4H,1-3H3;6H,1,3H2. The molecule has 0 saturated carbocycles. The van der Waals surface area contributed by atoms with Gasteiger partial charge in [-0.2, -0.15) is 0 Å². The minimum Gasteiger partial charge on any atom is -0.394 e. The lowest BCUT2D eigenvalue weighted by atomic mass is 10.3. The van der Waals surface area contributed by atoms with E-state index in [0.29, 0.717) is 0 Å². The van der Waals surface area contributed by atoms with E-state index in [0.717, 1.165) is 5.92 Å². The van der Waals surface area contributed by atoms with E-state index in [1.807, 2.05) is 0 Å². The maximum absolute atomic E-state index is 9.76. The van der Waals surface area contributed by atoms with Crippen molar-refractivity contribution in [2.45, 2.75) is 20.8 Å². The third-order valence-electron chi connectivity index (χ3n) is 0.268. The summed E-state index contributed by atoms with van der Waals surface area (Å²) in [6.07, 6.45) is 0. The van der Waals surface area contributed by atoms with E-state index in [1.54, 1.807) is 0 Å². The largest absolute Gasteiger partial charge is 0.394 e. The van der Waals surface area contributed by atoms with Crippen LogP contribution in [0.2, 0.25) is 0 Å². The molecule has 0 atom stereocenters. The van der Waals surface area contributed by atoms with E-state index >= 15 is 0 Å². The van der Waals surface area contributed by atoms with Gasteiger partial charge in [0.05, 0.1) is 6.54 Å². The van der Waals surface area contributed by atoms with Gasteiger partial charge in [-0.3, -0.25) is 0 Å². The molecule has 0 aliphatic heterocycles. The van der Waals surface area contributed by atoms with Gasteiger partial charge in [0, 0.05) is 12.9 Å². The van der Waals surface area contributed by atoms with Crippen molar-refractivity contribution in [1.82, 2.24) is 0 Å².